The lowest BCUT2D eigenvalue weighted by Crippen LogP contribution is -2.45. The Morgan fingerprint density at radius 1 is 1.23 bits per heavy atom. The molecule has 0 aliphatic carbocycles. The zero-order valence-electron chi connectivity index (χ0n) is 17.7. The molecule has 0 atom stereocenters. The van der Waals surface area contributed by atoms with E-state index < -0.39 is 11.7 Å². The first kappa shape index (κ1) is 21.5. The van der Waals surface area contributed by atoms with Crippen molar-refractivity contribution in [2.75, 3.05) is 24.5 Å². The Bertz CT molecular complexity index is 1070. The smallest absolute Gasteiger partial charge is 0.357 e. The molecular formula is C22H33F3N6. The van der Waals surface area contributed by atoms with Gasteiger partial charge in [0.1, 0.15) is 11.5 Å². The quantitative estimate of drug-likeness (QED) is 0.560. The third kappa shape index (κ3) is 4.23. The van der Waals surface area contributed by atoms with Crippen LogP contribution in [0, 0.1) is 11.3 Å². The minimum atomic E-state index is -4.53. The second-order valence-electron chi connectivity index (χ2n) is 8.83. The monoisotopic (exact) mass is 438 g/mol. The fourth-order valence-electron chi connectivity index (χ4n) is 4.64. The van der Waals surface area contributed by atoms with Gasteiger partial charge in [0, 0.05) is 29.0 Å². The molecule has 3 N–H and O–H groups in total. The van der Waals surface area contributed by atoms with Crippen molar-refractivity contribution >= 4 is 16.9 Å². The molecule has 0 aromatic carbocycles. The summed E-state index contributed by atoms with van der Waals surface area (Å²) in [6, 6.07) is 5.93. The maximum Gasteiger partial charge on any atom is 0.418 e. The summed E-state index contributed by atoms with van der Waals surface area (Å²) in [5.41, 5.74) is 5.83. The van der Waals surface area contributed by atoms with Crippen molar-refractivity contribution in [2.24, 2.45) is 17.1 Å². The molecule has 172 valence electrons. The average molecular weight is 439 g/mol. The molecule has 9 heteroatoms. The molecule has 3 aromatic rings. The number of aromatic nitrogens is 4. The Balaban J connectivity index is 0.00000193. The van der Waals surface area contributed by atoms with E-state index in [9.17, 15) is 13.2 Å². The van der Waals surface area contributed by atoms with Gasteiger partial charge in [0.2, 0.25) is 0 Å². The minimum Gasteiger partial charge on any atom is -0.357 e. The lowest BCUT2D eigenvalue weighted by atomic mass is 9.73. The summed E-state index contributed by atoms with van der Waals surface area (Å²) in [6.07, 6.45) is -0.131. The summed E-state index contributed by atoms with van der Waals surface area (Å²) in [7, 11) is 0. The number of nitrogens with one attached hydrogen (secondary N) is 1. The van der Waals surface area contributed by atoms with Gasteiger partial charge in [-0.1, -0.05) is 13.8 Å². The van der Waals surface area contributed by atoms with Crippen LogP contribution in [-0.2, 0) is 6.18 Å². The third-order valence-electron chi connectivity index (χ3n) is 6.17. The number of aromatic amines is 1. The molecule has 1 aliphatic heterocycles. The topological polar surface area (TPSA) is 83.7 Å². The molecule has 1 saturated heterocycles. The second kappa shape index (κ2) is 8.11. The maximum absolute atomic E-state index is 13.8. The van der Waals surface area contributed by atoms with Crippen LogP contribution in [-0.4, -0.2) is 39.8 Å². The van der Waals surface area contributed by atoms with Gasteiger partial charge < -0.3 is 10.6 Å². The first-order valence-electron chi connectivity index (χ1n) is 10.6. The van der Waals surface area contributed by atoms with E-state index in [1.807, 2.05) is 0 Å². The van der Waals surface area contributed by atoms with Gasteiger partial charge in [-0.3, -0.25) is 5.10 Å². The molecule has 0 amide bonds. The summed E-state index contributed by atoms with van der Waals surface area (Å²) in [4.78, 5) is 10.6. The predicted molar refractivity (Wildman–Crippen MR) is 121 cm³/mol. The Morgan fingerprint density at radius 3 is 2.61 bits per heavy atom. The maximum atomic E-state index is 13.8. The van der Waals surface area contributed by atoms with Gasteiger partial charge in [0.25, 0.3) is 0 Å². The zero-order chi connectivity index (χ0) is 22.2. The molecule has 0 unspecified atom stereocenters. The van der Waals surface area contributed by atoms with Gasteiger partial charge in [-0.2, -0.15) is 18.3 Å². The number of pyridine rings is 2. The van der Waals surface area contributed by atoms with E-state index in [0.29, 0.717) is 42.4 Å². The summed E-state index contributed by atoms with van der Waals surface area (Å²) in [5, 5.41) is 7.26. The summed E-state index contributed by atoms with van der Waals surface area (Å²) >= 11 is 0. The number of hydrogen-bond donors (Lipinski definition) is 2. The van der Waals surface area contributed by atoms with Gasteiger partial charge in [0.05, 0.1) is 11.3 Å². The van der Waals surface area contributed by atoms with Gasteiger partial charge in [0.15, 0.2) is 5.65 Å². The summed E-state index contributed by atoms with van der Waals surface area (Å²) in [6.45, 7) is 6.44. The number of piperidine rings is 1. The van der Waals surface area contributed by atoms with Crippen LogP contribution in [0.15, 0.2) is 30.5 Å². The number of H-pyrrole nitrogens is 1. The van der Waals surface area contributed by atoms with Crippen molar-refractivity contribution in [1.82, 2.24) is 20.2 Å². The van der Waals surface area contributed by atoms with Crippen LogP contribution in [0.4, 0.5) is 19.0 Å². The normalized spacial score (nSPS) is 16.9. The fourth-order valence-corrected chi connectivity index (χ4v) is 4.64. The van der Waals surface area contributed by atoms with Crippen molar-refractivity contribution in [1.29, 1.82) is 0 Å². The lowest BCUT2D eigenvalue weighted by Gasteiger charge is -2.42. The van der Waals surface area contributed by atoms with Crippen molar-refractivity contribution in [2.45, 2.75) is 39.3 Å². The predicted octanol–water partition coefficient (Wildman–Crippen LogP) is 5.37. The Hall–Kier alpha value is -2.68. The van der Waals surface area contributed by atoms with Crippen molar-refractivity contribution < 1.29 is 17.5 Å². The van der Waals surface area contributed by atoms with Crippen LogP contribution in [0.1, 0.15) is 43.0 Å². The Kier molecular flexibility index (Phi) is 5.63. The number of halogens is 3. The largest absolute Gasteiger partial charge is 0.418 e. The van der Waals surface area contributed by atoms with E-state index in [2.05, 4.69) is 38.9 Å². The number of hydrogen-bond acceptors (Lipinski definition) is 5. The molecule has 31 heavy (non-hydrogen) atoms. The SMILES string of the molecule is CC(C)CC1(CN)CCN(c2ccc(C(F)(F)F)c(-c3[nH]nc4ncccc34)n2)CC1.[HH].[HH].[HH]. The number of nitrogens with zero attached hydrogens (tertiary/aromatic N) is 4. The van der Waals surface area contributed by atoms with Crippen LogP contribution in [0.2, 0.25) is 0 Å². The number of nitrogens with two attached hydrogens (primary N) is 1. The highest BCUT2D eigenvalue weighted by atomic mass is 19.4. The highest BCUT2D eigenvalue weighted by molar-refractivity contribution is 5.90. The standard InChI is InChI=1S/C22H27F3N6.3H2/c1-14(2)12-21(13-26)7-10-31(11-8-21)17-6-5-16(22(23,24)25)19(28-17)18-15-4-3-9-27-20(15)30-29-18;;;/h3-6,9,14H,7-8,10-13,26H2,1-2H3,(H,27,29,30);3*1H. The van der Waals surface area contributed by atoms with E-state index in [1.54, 1.807) is 18.3 Å². The molecule has 4 heterocycles. The number of alkyl halides is 3. The van der Waals surface area contributed by atoms with Gasteiger partial charge in [-0.05, 0) is 61.4 Å². The van der Waals surface area contributed by atoms with Crippen LogP contribution in [0.5, 0.6) is 0 Å². The molecule has 0 radical (unpaired) electrons. The second-order valence-corrected chi connectivity index (χ2v) is 8.83. The summed E-state index contributed by atoms with van der Waals surface area (Å²) in [5.74, 6) is 1.08. The minimum absolute atomic E-state index is 0. The van der Waals surface area contributed by atoms with Gasteiger partial charge >= 0.3 is 6.18 Å². The van der Waals surface area contributed by atoms with Gasteiger partial charge in [-0.15, -0.1) is 0 Å². The molecule has 4 rings (SSSR count). The highest BCUT2D eigenvalue weighted by Gasteiger charge is 2.37. The lowest BCUT2D eigenvalue weighted by molar-refractivity contribution is -0.137. The van der Waals surface area contributed by atoms with Crippen LogP contribution < -0.4 is 10.6 Å². The fraction of sp³-hybridized carbons (Fsp3) is 0.500. The van der Waals surface area contributed by atoms with Crippen LogP contribution in [0.25, 0.3) is 22.4 Å². The van der Waals surface area contributed by atoms with Crippen molar-refractivity contribution in [3.8, 4) is 11.4 Å². The van der Waals surface area contributed by atoms with Crippen LogP contribution >= 0.6 is 0 Å². The number of rotatable bonds is 5. The third-order valence-corrected chi connectivity index (χ3v) is 6.17. The molecule has 1 fully saturated rings. The molecule has 0 spiro atoms. The first-order valence-corrected chi connectivity index (χ1v) is 10.6. The molecule has 6 nitrogen and oxygen atoms in total. The van der Waals surface area contributed by atoms with Gasteiger partial charge in [-0.25, -0.2) is 9.97 Å². The van der Waals surface area contributed by atoms with E-state index in [4.69, 9.17) is 5.73 Å². The van der Waals surface area contributed by atoms with Crippen LogP contribution in [0.3, 0.4) is 0 Å². The van der Waals surface area contributed by atoms with Crippen molar-refractivity contribution in [3.63, 3.8) is 0 Å². The zero-order valence-corrected chi connectivity index (χ0v) is 17.7. The van der Waals surface area contributed by atoms with E-state index in [0.717, 1.165) is 25.3 Å². The Labute approximate surface area is 183 Å². The van der Waals surface area contributed by atoms with Crippen molar-refractivity contribution in [3.05, 3.63) is 36.0 Å². The van der Waals surface area contributed by atoms with E-state index >= 15 is 0 Å². The van der Waals surface area contributed by atoms with E-state index in [1.165, 1.54) is 6.07 Å². The molecule has 1 aliphatic rings. The average Bonchev–Trinajstić information content (AvgIpc) is 3.17. The number of fused-ring (bicyclic) bond motifs is 1. The molecular weight excluding hydrogens is 405 g/mol. The highest BCUT2D eigenvalue weighted by Crippen LogP contribution is 2.41. The molecule has 3 aromatic heterocycles. The number of anilines is 1. The Morgan fingerprint density at radius 2 is 1.97 bits per heavy atom. The van der Waals surface area contributed by atoms with E-state index in [-0.39, 0.29) is 21.1 Å². The molecule has 0 saturated carbocycles. The summed E-state index contributed by atoms with van der Waals surface area (Å²) < 4.78 is 41.3. The molecule has 0 bridgehead atoms. The first-order chi connectivity index (χ1) is 14.7.